The Bertz CT molecular complexity index is 988. The number of benzene rings is 2. The molecule has 2 aromatic carbocycles. The highest BCUT2D eigenvalue weighted by atomic mass is 35.5. The standard InChI is InChI=1S/C24H30ClN5O2/c1-29(20-10-8-16(14-26)9-11-20)22(31)15-30(21-7-3-6-19(25)13-21)24(32)18-5-2-4-17(12-18)23(27)28/h2-7,12-13,16,20H,8-11,14-15,26H2,1H3,(H3,27,28). The molecule has 0 aliphatic heterocycles. The molecule has 0 atom stereocenters. The summed E-state index contributed by atoms with van der Waals surface area (Å²) in [6.07, 6.45) is 3.84. The average molecular weight is 456 g/mol. The quantitative estimate of drug-likeness (QED) is 0.438. The lowest BCUT2D eigenvalue weighted by atomic mass is 9.85. The van der Waals surface area contributed by atoms with E-state index in [4.69, 9.17) is 28.5 Å². The summed E-state index contributed by atoms with van der Waals surface area (Å²) in [7, 11) is 1.80. The summed E-state index contributed by atoms with van der Waals surface area (Å²) in [5.41, 5.74) is 12.7. The molecule has 5 N–H and O–H groups in total. The summed E-state index contributed by atoms with van der Waals surface area (Å²) < 4.78 is 0. The summed E-state index contributed by atoms with van der Waals surface area (Å²) >= 11 is 6.17. The second-order valence-corrected chi connectivity index (χ2v) is 8.72. The van der Waals surface area contributed by atoms with Gasteiger partial charge in [-0.1, -0.05) is 29.8 Å². The number of likely N-dealkylation sites (N-methyl/N-ethyl adjacent to an activating group) is 1. The molecular formula is C24H30ClN5O2. The zero-order valence-corrected chi connectivity index (χ0v) is 19.0. The minimum Gasteiger partial charge on any atom is -0.384 e. The van der Waals surface area contributed by atoms with E-state index in [1.165, 1.54) is 4.90 Å². The number of nitrogen functional groups attached to an aromatic ring is 1. The number of rotatable bonds is 7. The van der Waals surface area contributed by atoms with E-state index in [1.54, 1.807) is 60.5 Å². The normalized spacial score (nSPS) is 18.1. The van der Waals surface area contributed by atoms with E-state index < -0.39 is 0 Å². The van der Waals surface area contributed by atoms with Gasteiger partial charge in [-0.2, -0.15) is 0 Å². The molecule has 32 heavy (non-hydrogen) atoms. The van der Waals surface area contributed by atoms with Gasteiger partial charge in [-0.15, -0.1) is 0 Å². The number of nitrogens with zero attached hydrogens (tertiary/aromatic N) is 2. The van der Waals surface area contributed by atoms with Crippen LogP contribution in [-0.2, 0) is 4.79 Å². The Labute approximate surface area is 193 Å². The number of amidine groups is 1. The molecule has 1 aliphatic rings. The van der Waals surface area contributed by atoms with Crippen molar-refractivity contribution in [1.82, 2.24) is 4.90 Å². The topological polar surface area (TPSA) is 117 Å². The second kappa shape index (κ2) is 10.6. The molecule has 3 rings (SSSR count). The molecule has 0 spiro atoms. The third kappa shape index (κ3) is 5.66. The molecule has 2 aromatic rings. The van der Waals surface area contributed by atoms with Crippen molar-refractivity contribution < 1.29 is 9.59 Å². The van der Waals surface area contributed by atoms with Crippen LogP contribution in [0.5, 0.6) is 0 Å². The number of nitrogens with one attached hydrogen (secondary N) is 1. The first-order valence-electron chi connectivity index (χ1n) is 10.8. The molecule has 170 valence electrons. The first-order chi connectivity index (χ1) is 15.3. The molecule has 0 heterocycles. The van der Waals surface area contributed by atoms with E-state index >= 15 is 0 Å². The summed E-state index contributed by atoms with van der Waals surface area (Å²) in [5.74, 6) is -0.105. The molecule has 0 bridgehead atoms. The summed E-state index contributed by atoms with van der Waals surface area (Å²) in [6.45, 7) is 0.567. The van der Waals surface area contributed by atoms with Gasteiger partial charge in [0.2, 0.25) is 5.91 Å². The molecular weight excluding hydrogens is 426 g/mol. The molecule has 0 saturated heterocycles. The van der Waals surface area contributed by atoms with Gasteiger partial charge >= 0.3 is 0 Å². The third-order valence-electron chi connectivity index (χ3n) is 6.17. The molecule has 1 saturated carbocycles. The zero-order valence-electron chi connectivity index (χ0n) is 18.3. The van der Waals surface area contributed by atoms with Gasteiger partial charge in [0, 0.05) is 34.9 Å². The van der Waals surface area contributed by atoms with Gasteiger partial charge in [0.1, 0.15) is 12.4 Å². The van der Waals surface area contributed by atoms with Crippen molar-refractivity contribution in [3.63, 3.8) is 0 Å². The first kappa shape index (κ1) is 23.8. The first-order valence-corrected chi connectivity index (χ1v) is 11.2. The number of halogens is 1. The highest BCUT2D eigenvalue weighted by molar-refractivity contribution is 6.31. The second-order valence-electron chi connectivity index (χ2n) is 8.28. The average Bonchev–Trinajstić information content (AvgIpc) is 2.81. The van der Waals surface area contributed by atoms with Gasteiger partial charge in [-0.3, -0.25) is 19.9 Å². The molecule has 7 nitrogen and oxygen atoms in total. The molecule has 0 radical (unpaired) electrons. The minimum atomic E-state index is -0.357. The number of nitrogens with two attached hydrogens (primary N) is 2. The van der Waals surface area contributed by atoms with Crippen molar-refractivity contribution in [3.8, 4) is 0 Å². The van der Waals surface area contributed by atoms with Crippen LogP contribution in [0.3, 0.4) is 0 Å². The zero-order chi connectivity index (χ0) is 23.3. The van der Waals surface area contributed by atoms with Crippen molar-refractivity contribution >= 4 is 34.9 Å². The fourth-order valence-corrected chi connectivity index (χ4v) is 4.30. The van der Waals surface area contributed by atoms with E-state index in [0.29, 0.717) is 34.3 Å². The predicted molar refractivity (Wildman–Crippen MR) is 128 cm³/mol. The van der Waals surface area contributed by atoms with E-state index in [0.717, 1.165) is 25.7 Å². The lowest BCUT2D eigenvalue weighted by Crippen LogP contribution is -2.46. The van der Waals surface area contributed by atoms with Gasteiger partial charge in [-0.05, 0) is 68.5 Å². The fourth-order valence-electron chi connectivity index (χ4n) is 4.12. The van der Waals surface area contributed by atoms with Crippen LogP contribution in [0.4, 0.5) is 5.69 Å². The maximum atomic E-state index is 13.4. The van der Waals surface area contributed by atoms with Crippen LogP contribution < -0.4 is 16.4 Å². The van der Waals surface area contributed by atoms with E-state index in [1.807, 2.05) is 0 Å². The minimum absolute atomic E-state index is 0.114. The number of anilines is 1. The van der Waals surface area contributed by atoms with Crippen LogP contribution in [0.1, 0.15) is 41.6 Å². The van der Waals surface area contributed by atoms with Crippen LogP contribution in [0.15, 0.2) is 48.5 Å². The van der Waals surface area contributed by atoms with Crippen LogP contribution in [-0.4, -0.2) is 48.7 Å². The van der Waals surface area contributed by atoms with Crippen molar-refractivity contribution in [2.24, 2.45) is 17.4 Å². The van der Waals surface area contributed by atoms with Crippen molar-refractivity contribution in [2.45, 2.75) is 31.7 Å². The molecule has 2 amide bonds. The van der Waals surface area contributed by atoms with Crippen molar-refractivity contribution in [2.75, 3.05) is 25.0 Å². The largest absolute Gasteiger partial charge is 0.384 e. The lowest BCUT2D eigenvalue weighted by molar-refractivity contribution is -0.131. The van der Waals surface area contributed by atoms with Crippen molar-refractivity contribution in [1.29, 1.82) is 5.41 Å². The maximum absolute atomic E-state index is 13.4. The SMILES string of the molecule is CN(C(=O)CN(C(=O)c1cccc(C(=N)N)c1)c1cccc(Cl)c1)C1CCC(CN)CC1. The number of hydrogen-bond acceptors (Lipinski definition) is 4. The smallest absolute Gasteiger partial charge is 0.258 e. The van der Waals surface area contributed by atoms with Crippen LogP contribution in [0.2, 0.25) is 5.02 Å². The van der Waals surface area contributed by atoms with Gasteiger partial charge < -0.3 is 16.4 Å². The third-order valence-corrected chi connectivity index (χ3v) is 6.40. The lowest BCUT2D eigenvalue weighted by Gasteiger charge is -2.35. The molecule has 8 heteroatoms. The highest BCUT2D eigenvalue weighted by Gasteiger charge is 2.29. The number of hydrogen-bond donors (Lipinski definition) is 3. The number of carbonyl (C=O) groups is 2. The Balaban J connectivity index is 1.83. The van der Waals surface area contributed by atoms with Crippen LogP contribution in [0, 0.1) is 11.3 Å². The Morgan fingerprint density at radius 3 is 2.34 bits per heavy atom. The van der Waals surface area contributed by atoms with E-state index in [-0.39, 0.29) is 30.2 Å². The monoisotopic (exact) mass is 455 g/mol. The van der Waals surface area contributed by atoms with E-state index in [9.17, 15) is 9.59 Å². The molecule has 1 aliphatic carbocycles. The molecule has 1 fully saturated rings. The Hall–Kier alpha value is -2.90. The highest BCUT2D eigenvalue weighted by Crippen LogP contribution is 2.27. The van der Waals surface area contributed by atoms with E-state index in [2.05, 4.69) is 0 Å². The van der Waals surface area contributed by atoms with Gasteiger partial charge in [0.25, 0.3) is 5.91 Å². The Kier molecular flexibility index (Phi) is 7.88. The number of carbonyl (C=O) groups excluding carboxylic acids is 2. The Morgan fingerprint density at radius 2 is 1.72 bits per heavy atom. The van der Waals surface area contributed by atoms with Crippen LogP contribution >= 0.6 is 11.6 Å². The summed E-state index contributed by atoms with van der Waals surface area (Å²) in [4.78, 5) is 29.8. The number of amides is 2. The Morgan fingerprint density at radius 1 is 1.06 bits per heavy atom. The van der Waals surface area contributed by atoms with Gasteiger partial charge in [0.05, 0.1) is 0 Å². The summed E-state index contributed by atoms with van der Waals surface area (Å²) in [5, 5.41) is 8.12. The van der Waals surface area contributed by atoms with Crippen molar-refractivity contribution in [3.05, 3.63) is 64.7 Å². The maximum Gasteiger partial charge on any atom is 0.258 e. The fraction of sp³-hybridized carbons (Fsp3) is 0.375. The van der Waals surface area contributed by atoms with Gasteiger partial charge in [-0.25, -0.2) is 0 Å². The van der Waals surface area contributed by atoms with Crippen LogP contribution in [0.25, 0.3) is 0 Å². The predicted octanol–water partition coefficient (Wildman–Crippen LogP) is 3.25. The molecule has 0 unspecified atom stereocenters. The molecule has 0 aromatic heterocycles. The van der Waals surface area contributed by atoms with Gasteiger partial charge in [0.15, 0.2) is 0 Å². The summed E-state index contributed by atoms with van der Waals surface area (Å²) in [6, 6.07) is 13.6.